The van der Waals surface area contributed by atoms with Crippen molar-refractivity contribution in [2.24, 2.45) is 16.3 Å². The molecule has 6 nitrogen and oxygen atoms in total. The van der Waals surface area contributed by atoms with Crippen molar-refractivity contribution in [3.8, 4) is 0 Å². The second-order valence-corrected chi connectivity index (χ2v) is 10.6. The number of piperidine rings is 1. The Labute approximate surface area is 192 Å². The molecule has 3 fully saturated rings. The summed E-state index contributed by atoms with van der Waals surface area (Å²) >= 11 is 0. The molecule has 1 aromatic carbocycles. The van der Waals surface area contributed by atoms with Crippen molar-refractivity contribution in [2.75, 3.05) is 39.8 Å². The summed E-state index contributed by atoms with van der Waals surface area (Å²) in [5, 5.41) is 3.56. The van der Waals surface area contributed by atoms with E-state index in [2.05, 4.69) is 15.2 Å². The molecule has 0 radical (unpaired) electrons. The van der Waals surface area contributed by atoms with Crippen LogP contribution >= 0.6 is 24.0 Å². The van der Waals surface area contributed by atoms with Gasteiger partial charge in [-0.3, -0.25) is 4.99 Å². The van der Waals surface area contributed by atoms with Crippen molar-refractivity contribution in [1.82, 2.24) is 14.5 Å². The number of aliphatic imine (C=N–C) groups is 1. The number of sulfonamides is 1. The van der Waals surface area contributed by atoms with Crippen molar-refractivity contribution in [2.45, 2.75) is 43.4 Å². The molecule has 0 amide bonds. The number of nitrogens with zero attached hydrogens (tertiary/aromatic N) is 3. The Balaban J connectivity index is 0.00000240. The van der Waals surface area contributed by atoms with Crippen molar-refractivity contribution in [1.29, 1.82) is 0 Å². The maximum absolute atomic E-state index is 12.8. The quantitative estimate of drug-likeness (QED) is 0.368. The molecule has 0 bridgehead atoms. The largest absolute Gasteiger partial charge is 0.356 e. The van der Waals surface area contributed by atoms with E-state index in [1.54, 1.807) is 28.6 Å². The zero-order valence-corrected chi connectivity index (χ0v) is 20.4. The molecule has 1 aliphatic carbocycles. The predicted octanol–water partition coefficient (Wildman–Crippen LogP) is 3.16. The molecule has 1 aromatic rings. The molecular weight excluding hydrogens is 499 g/mol. The molecule has 1 spiro atoms. The van der Waals surface area contributed by atoms with Crippen LogP contribution in [-0.2, 0) is 10.0 Å². The van der Waals surface area contributed by atoms with Crippen LogP contribution in [0.4, 0.5) is 0 Å². The molecule has 2 saturated heterocycles. The average molecular weight is 532 g/mol. The first-order valence-corrected chi connectivity index (χ1v) is 12.0. The molecular formula is C21H33IN4O2S. The topological polar surface area (TPSA) is 65.0 Å². The number of benzene rings is 1. The summed E-state index contributed by atoms with van der Waals surface area (Å²) in [7, 11) is -1.50. The number of hydrogen-bond acceptors (Lipinski definition) is 3. The molecule has 1 N–H and O–H groups in total. The van der Waals surface area contributed by atoms with Crippen LogP contribution in [0.5, 0.6) is 0 Å². The molecule has 2 heterocycles. The third-order valence-electron chi connectivity index (χ3n) is 6.87. The number of likely N-dealkylation sites (tertiary alicyclic amines) is 1. The van der Waals surface area contributed by atoms with Crippen LogP contribution < -0.4 is 5.32 Å². The maximum atomic E-state index is 12.8. The number of halogens is 1. The molecule has 0 aromatic heterocycles. The van der Waals surface area contributed by atoms with E-state index in [-0.39, 0.29) is 24.0 Å². The van der Waals surface area contributed by atoms with Gasteiger partial charge >= 0.3 is 0 Å². The highest BCUT2D eigenvalue weighted by molar-refractivity contribution is 14.0. The van der Waals surface area contributed by atoms with E-state index in [9.17, 15) is 8.42 Å². The summed E-state index contributed by atoms with van der Waals surface area (Å²) in [6.45, 7) is 4.30. The van der Waals surface area contributed by atoms with Gasteiger partial charge in [0.25, 0.3) is 0 Å². The third kappa shape index (κ3) is 4.90. The van der Waals surface area contributed by atoms with E-state index >= 15 is 0 Å². The van der Waals surface area contributed by atoms with E-state index in [0.29, 0.717) is 29.3 Å². The molecule has 3 aliphatic rings. The minimum Gasteiger partial charge on any atom is -0.356 e. The number of hydrogen-bond donors (Lipinski definition) is 1. The van der Waals surface area contributed by atoms with Gasteiger partial charge in [-0.05, 0) is 55.6 Å². The van der Waals surface area contributed by atoms with Gasteiger partial charge in [0.05, 0.1) is 4.90 Å². The highest BCUT2D eigenvalue weighted by atomic mass is 127. The Bertz CT molecular complexity index is 803. The van der Waals surface area contributed by atoms with Gasteiger partial charge in [-0.1, -0.05) is 24.6 Å². The average Bonchev–Trinajstić information content (AvgIpc) is 3.16. The van der Waals surface area contributed by atoms with Crippen LogP contribution in [0, 0.1) is 11.3 Å². The molecule has 1 saturated carbocycles. The second kappa shape index (κ2) is 9.51. The monoisotopic (exact) mass is 532 g/mol. The van der Waals surface area contributed by atoms with Crippen molar-refractivity contribution in [3.05, 3.63) is 30.3 Å². The van der Waals surface area contributed by atoms with Crippen molar-refractivity contribution < 1.29 is 8.42 Å². The first kappa shape index (κ1) is 22.8. The Morgan fingerprint density at radius 2 is 1.83 bits per heavy atom. The lowest BCUT2D eigenvalue weighted by molar-refractivity contribution is 0.151. The summed E-state index contributed by atoms with van der Waals surface area (Å²) in [6.07, 6.45) is 7.19. The van der Waals surface area contributed by atoms with Crippen LogP contribution in [0.2, 0.25) is 0 Å². The fourth-order valence-electron chi connectivity index (χ4n) is 4.86. The molecule has 8 heteroatoms. The van der Waals surface area contributed by atoms with Crippen LogP contribution in [0.3, 0.4) is 0 Å². The first-order valence-electron chi connectivity index (χ1n) is 10.5. The molecule has 29 heavy (non-hydrogen) atoms. The standard InChI is InChI=1S/C21H32N4O2S.HI/c1-22-20(24-15-12-21(17-24)10-5-11-21)23-16-18-8-13-25(14-9-18)28(26,27)19-6-3-2-4-7-19;/h2-4,6-7,18H,5,8-17H2,1H3,(H,22,23);1H. The van der Waals surface area contributed by atoms with Crippen molar-refractivity contribution >= 4 is 40.0 Å². The van der Waals surface area contributed by atoms with Gasteiger partial charge < -0.3 is 10.2 Å². The summed E-state index contributed by atoms with van der Waals surface area (Å²) in [4.78, 5) is 7.30. The van der Waals surface area contributed by atoms with Crippen LogP contribution in [0.25, 0.3) is 0 Å². The number of nitrogens with one attached hydrogen (secondary N) is 1. The fourth-order valence-corrected chi connectivity index (χ4v) is 6.35. The van der Waals surface area contributed by atoms with Gasteiger partial charge in [0.1, 0.15) is 0 Å². The third-order valence-corrected chi connectivity index (χ3v) is 8.78. The van der Waals surface area contributed by atoms with Crippen LogP contribution in [-0.4, -0.2) is 63.4 Å². The van der Waals surface area contributed by atoms with Gasteiger partial charge in [-0.25, -0.2) is 8.42 Å². The Morgan fingerprint density at radius 3 is 2.38 bits per heavy atom. The summed E-state index contributed by atoms with van der Waals surface area (Å²) in [6, 6.07) is 8.76. The highest BCUT2D eigenvalue weighted by Crippen LogP contribution is 2.47. The van der Waals surface area contributed by atoms with Crippen LogP contribution in [0.15, 0.2) is 40.2 Å². The van der Waals surface area contributed by atoms with Gasteiger partial charge in [-0.2, -0.15) is 4.31 Å². The summed E-state index contributed by atoms with van der Waals surface area (Å²) in [5.74, 6) is 1.50. The number of guanidine groups is 1. The van der Waals surface area contributed by atoms with E-state index in [1.807, 2.05) is 13.1 Å². The maximum Gasteiger partial charge on any atom is 0.243 e. The minimum atomic E-state index is -3.36. The normalized spacial score (nSPS) is 22.9. The smallest absolute Gasteiger partial charge is 0.243 e. The Hall–Kier alpha value is -0.870. The lowest BCUT2D eigenvalue weighted by atomic mass is 9.68. The lowest BCUT2D eigenvalue weighted by Gasteiger charge is -2.38. The van der Waals surface area contributed by atoms with E-state index in [4.69, 9.17) is 0 Å². The number of rotatable bonds is 4. The summed E-state index contributed by atoms with van der Waals surface area (Å²) in [5.41, 5.74) is 0.564. The van der Waals surface area contributed by atoms with E-state index in [0.717, 1.165) is 38.4 Å². The van der Waals surface area contributed by atoms with Gasteiger partial charge in [0, 0.05) is 39.8 Å². The lowest BCUT2D eigenvalue weighted by Crippen LogP contribution is -2.46. The molecule has 0 atom stereocenters. The summed E-state index contributed by atoms with van der Waals surface area (Å²) < 4.78 is 27.2. The molecule has 162 valence electrons. The van der Waals surface area contributed by atoms with E-state index in [1.165, 1.54) is 25.7 Å². The Morgan fingerprint density at radius 1 is 1.14 bits per heavy atom. The fraction of sp³-hybridized carbons (Fsp3) is 0.667. The predicted molar refractivity (Wildman–Crippen MR) is 127 cm³/mol. The Kier molecular flexibility index (Phi) is 7.48. The molecule has 2 aliphatic heterocycles. The zero-order valence-electron chi connectivity index (χ0n) is 17.2. The zero-order chi connectivity index (χ0) is 19.6. The van der Waals surface area contributed by atoms with Gasteiger partial charge in [0.15, 0.2) is 5.96 Å². The SMILES string of the molecule is CN=C(NCC1CCN(S(=O)(=O)c2ccccc2)CC1)N1CCC2(CCC2)C1.I. The van der Waals surface area contributed by atoms with Crippen LogP contribution in [0.1, 0.15) is 38.5 Å². The van der Waals surface area contributed by atoms with Gasteiger partial charge in [-0.15, -0.1) is 24.0 Å². The highest BCUT2D eigenvalue weighted by Gasteiger charge is 2.43. The minimum absolute atomic E-state index is 0. The van der Waals surface area contributed by atoms with E-state index < -0.39 is 10.0 Å². The first-order chi connectivity index (χ1) is 13.5. The second-order valence-electron chi connectivity index (χ2n) is 8.61. The molecule has 4 rings (SSSR count). The van der Waals surface area contributed by atoms with Gasteiger partial charge in [0.2, 0.25) is 10.0 Å². The van der Waals surface area contributed by atoms with Crippen molar-refractivity contribution in [3.63, 3.8) is 0 Å². The molecule has 0 unspecified atom stereocenters.